The number of benzene rings is 2. The van der Waals surface area contributed by atoms with Crippen molar-refractivity contribution < 1.29 is 93.8 Å². The Morgan fingerprint density at radius 1 is 0.911 bits per heavy atom. The predicted molar refractivity (Wildman–Crippen MR) is 185 cm³/mol. The van der Waals surface area contributed by atoms with Crippen LogP contribution in [0.25, 0.3) is 10.8 Å². The molecule has 0 aromatic heterocycles. The number of nitrogens with two attached hydrogens (primary N) is 2. The Labute approximate surface area is 319 Å². The van der Waals surface area contributed by atoms with Gasteiger partial charge in [-0.2, -0.15) is 16.8 Å². The SMILES string of the molecule is Nc1c(S(=O)(=O)O)cc2c3c(cc(S(=O)(=O)O)cc13)C(=O)N(CCNC(=O)CSC[C@H]1O[C@H](O[C@H]3C4OP(=O)(O)OC4[C@H](O)[C@@H](O)[C@@H]3O)[C@@H](N)[C@@H](O)[C@@H]1O)C2=O. The van der Waals surface area contributed by atoms with Crippen molar-refractivity contribution in [2.24, 2.45) is 5.73 Å². The Morgan fingerprint density at radius 3 is 2.16 bits per heavy atom. The third-order valence-electron chi connectivity index (χ3n) is 9.48. The van der Waals surface area contributed by atoms with E-state index in [1.807, 2.05) is 0 Å². The average molecular weight is 875 g/mol. The Balaban J connectivity index is 1.08. The minimum Gasteiger partial charge on any atom is -0.397 e. The summed E-state index contributed by atoms with van der Waals surface area (Å²) in [4.78, 5) is 48.0. The molecule has 1 aliphatic carbocycles. The van der Waals surface area contributed by atoms with Crippen molar-refractivity contribution in [1.29, 1.82) is 0 Å². The van der Waals surface area contributed by atoms with Crippen molar-refractivity contribution >= 4 is 74.0 Å². The molecule has 6 rings (SSSR count). The second kappa shape index (κ2) is 15.3. The van der Waals surface area contributed by atoms with Crippen molar-refractivity contribution in [3.8, 4) is 0 Å². The molecule has 3 amide bonds. The lowest BCUT2D eigenvalue weighted by atomic mass is 9.84. The fraction of sp³-hybridized carbons (Fsp3) is 0.536. The van der Waals surface area contributed by atoms with Crippen LogP contribution in [0.5, 0.6) is 0 Å². The zero-order valence-electron chi connectivity index (χ0n) is 28.2. The molecule has 2 saturated heterocycles. The molecular weight excluding hydrogens is 839 g/mol. The lowest BCUT2D eigenvalue weighted by Gasteiger charge is -2.46. The molecule has 0 spiro atoms. The minimum atomic E-state index is -5.09. The van der Waals surface area contributed by atoms with Gasteiger partial charge in [0.05, 0.1) is 39.6 Å². The van der Waals surface area contributed by atoms with E-state index in [9.17, 15) is 75.3 Å². The van der Waals surface area contributed by atoms with Gasteiger partial charge in [-0.3, -0.25) is 37.4 Å². The van der Waals surface area contributed by atoms with Crippen LogP contribution in [0.2, 0.25) is 0 Å². The number of carbonyl (C=O) groups is 3. The van der Waals surface area contributed by atoms with E-state index >= 15 is 0 Å². The van der Waals surface area contributed by atoms with Crippen LogP contribution < -0.4 is 16.8 Å². The molecule has 1 saturated carbocycles. The highest BCUT2D eigenvalue weighted by Gasteiger charge is 2.61. The number of anilines is 1. The molecule has 28 heteroatoms. The van der Waals surface area contributed by atoms with E-state index in [0.717, 1.165) is 23.9 Å². The summed E-state index contributed by atoms with van der Waals surface area (Å²) in [6, 6.07) is 0.702. The fourth-order valence-electron chi connectivity index (χ4n) is 6.71. The van der Waals surface area contributed by atoms with Crippen LogP contribution >= 0.6 is 19.6 Å². The van der Waals surface area contributed by atoms with Crippen LogP contribution in [0.4, 0.5) is 5.69 Å². The van der Waals surface area contributed by atoms with Crippen LogP contribution in [0.15, 0.2) is 28.0 Å². The van der Waals surface area contributed by atoms with Gasteiger partial charge in [0.1, 0.15) is 53.7 Å². The Morgan fingerprint density at radius 2 is 1.54 bits per heavy atom. The number of hydrogen-bond acceptors (Lipinski definition) is 20. The number of nitrogens with zero attached hydrogens (tertiary/aromatic N) is 1. The number of fused-ring (bicyclic) bond motifs is 1. The third-order valence-corrected chi connectivity index (χ3v) is 13.3. The van der Waals surface area contributed by atoms with Crippen LogP contribution in [0.1, 0.15) is 20.7 Å². The molecular formula is C28H35N4O20PS3. The monoisotopic (exact) mass is 874 g/mol. The number of aliphatic hydroxyl groups excluding tert-OH is 5. The van der Waals surface area contributed by atoms with E-state index in [-0.39, 0.29) is 16.9 Å². The predicted octanol–water partition coefficient (Wildman–Crippen LogP) is -4.50. The number of rotatable bonds is 11. The molecule has 3 unspecified atom stereocenters. The van der Waals surface area contributed by atoms with Gasteiger partial charge in [-0.25, -0.2) is 4.57 Å². The van der Waals surface area contributed by atoms with E-state index in [0.29, 0.717) is 11.0 Å². The Bertz CT molecular complexity index is 2210. The Kier molecular flexibility index (Phi) is 11.7. The number of thioether (sulfide) groups is 1. The Hall–Kier alpha value is -2.93. The summed E-state index contributed by atoms with van der Waals surface area (Å²) in [6.07, 6.45) is -16.9. The van der Waals surface area contributed by atoms with E-state index in [1.54, 1.807) is 0 Å². The maximum absolute atomic E-state index is 13.4. The molecule has 56 heavy (non-hydrogen) atoms. The first kappa shape index (κ1) is 42.7. The third kappa shape index (κ3) is 7.93. The standard InChI is InChI=1S/C28H35N4O20PS3/c29-16-9-3-8(55(43,44)45)4-10-15(9)11(5-13(16)56(46,47)48)27(40)32(26(10)39)2-1-31-14(33)7-54-6-12-18(34)19(35)17(30)28(49-12)50-23-21(37)20(36)22(38)24-25(23)52-53(41,42)51-24/h3-5,12,17-25,28,34-38H,1-2,6-7,29-30H2,(H,31,33)(H,41,42)(H,43,44,45)(H,46,47,48)/t12-,17+,18-,19-,20+,21+,22-,23-,24?,25?,28-/m1/s1. The summed E-state index contributed by atoms with van der Waals surface area (Å²) < 4.78 is 100. The molecule has 3 fully saturated rings. The van der Waals surface area contributed by atoms with Gasteiger partial charge in [0.15, 0.2) is 6.29 Å². The summed E-state index contributed by atoms with van der Waals surface area (Å²) in [6.45, 7) is -0.927. The van der Waals surface area contributed by atoms with Crippen molar-refractivity contribution in [3.63, 3.8) is 0 Å². The van der Waals surface area contributed by atoms with Gasteiger partial charge in [-0.1, -0.05) is 0 Å². The topological polar surface area (TPSA) is 403 Å². The number of amides is 3. The lowest BCUT2D eigenvalue weighted by molar-refractivity contribution is -0.302. The maximum atomic E-state index is 13.4. The first-order valence-corrected chi connectivity index (χ1v) is 21.7. The van der Waals surface area contributed by atoms with Gasteiger partial charge < -0.3 is 56.7 Å². The molecule has 13 N–H and O–H groups in total. The van der Waals surface area contributed by atoms with E-state index in [2.05, 4.69) is 5.32 Å². The van der Waals surface area contributed by atoms with Crippen molar-refractivity contribution in [2.75, 3.05) is 30.3 Å². The number of phosphoric acid groups is 1. The van der Waals surface area contributed by atoms with Crippen LogP contribution in [-0.2, 0) is 48.1 Å². The van der Waals surface area contributed by atoms with E-state index in [4.69, 9.17) is 30.0 Å². The zero-order valence-corrected chi connectivity index (χ0v) is 31.5. The lowest BCUT2D eigenvalue weighted by Crippen LogP contribution is -2.67. The van der Waals surface area contributed by atoms with E-state index in [1.165, 1.54) is 0 Å². The van der Waals surface area contributed by atoms with Crippen LogP contribution in [0, 0.1) is 0 Å². The molecule has 2 aromatic rings. The number of nitrogen functional groups attached to an aromatic ring is 1. The first-order valence-electron chi connectivity index (χ1n) is 16.1. The highest BCUT2D eigenvalue weighted by molar-refractivity contribution is 8.00. The first-order chi connectivity index (χ1) is 25.9. The molecule has 0 bridgehead atoms. The molecule has 12 atom stereocenters. The number of hydrogen-bond donors (Lipinski definition) is 11. The van der Waals surface area contributed by atoms with Gasteiger partial charge in [-0.15, -0.1) is 11.8 Å². The second-order valence-corrected chi connectivity index (χ2v) is 18.3. The zero-order chi connectivity index (χ0) is 41.4. The number of imide groups is 1. The van der Waals surface area contributed by atoms with Gasteiger partial charge in [0.2, 0.25) is 5.91 Å². The summed E-state index contributed by atoms with van der Waals surface area (Å²) >= 11 is 0.861. The summed E-state index contributed by atoms with van der Waals surface area (Å²) in [5.74, 6) is -3.40. The number of nitrogens with one attached hydrogen (secondary N) is 1. The number of aliphatic hydroxyl groups is 5. The number of ether oxygens (including phenoxy) is 2. The van der Waals surface area contributed by atoms with Crippen LogP contribution in [0.3, 0.4) is 0 Å². The largest absolute Gasteiger partial charge is 0.473 e. The van der Waals surface area contributed by atoms with Crippen LogP contribution in [-0.4, -0.2) is 171 Å². The molecule has 310 valence electrons. The molecule has 0 radical (unpaired) electrons. The summed E-state index contributed by atoms with van der Waals surface area (Å²) in [5, 5.41) is 54.0. The van der Waals surface area contributed by atoms with Crippen molar-refractivity contribution in [3.05, 3.63) is 29.3 Å². The molecule has 24 nitrogen and oxygen atoms in total. The molecule has 3 heterocycles. The van der Waals surface area contributed by atoms with Gasteiger partial charge in [0, 0.05) is 29.6 Å². The van der Waals surface area contributed by atoms with Crippen molar-refractivity contribution in [1.82, 2.24) is 10.2 Å². The normalized spacial score (nSPS) is 34.8. The highest BCUT2D eigenvalue weighted by atomic mass is 32.2. The number of carbonyl (C=O) groups excluding carboxylic acids is 3. The second-order valence-electron chi connectivity index (χ2n) is 13.1. The average Bonchev–Trinajstić information content (AvgIpc) is 3.44. The van der Waals surface area contributed by atoms with Gasteiger partial charge >= 0.3 is 7.82 Å². The fourth-order valence-corrected chi connectivity index (χ4v) is 9.96. The molecule has 4 aliphatic rings. The van der Waals surface area contributed by atoms with Gasteiger partial charge in [0.25, 0.3) is 32.1 Å². The molecule has 2 aromatic carbocycles. The molecule has 3 aliphatic heterocycles. The summed E-state index contributed by atoms with van der Waals surface area (Å²) in [7, 11) is -14.8. The summed E-state index contributed by atoms with van der Waals surface area (Å²) in [5.41, 5.74) is 10.2. The highest BCUT2D eigenvalue weighted by Crippen LogP contribution is 2.56. The smallest absolute Gasteiger partial charge is 0.397 e. The maximum Gasteiger partial charge on any atom is 0.473 e. The van der Waals surface area contributed by atoms with Crippen molar-refractivity contribution in [2.45, 2.75) is 77.1 Å². The minimum absolute atomic E-state index is 0.205. The van der Waals surface area contributed by atoms with E-state index < -0.39 is 158 Å². The quantitative estimate of drug-likeness (QED) is 0.0439. The van der Waals surface area contributed by atoms with Gasteiger partial charge in [-0.05, 0) is 18.2 Å². The number of phosphoric ester groups is 1.